The molecular formula is C32H41N5O5Si. The molecule has 43 heavy (non-hydrogen) atoms. The molecule has 2 N–H and O–H groups in total. The lowest BCUT2D eigenvalue weighted by molar-refractivity contribution is -0.146. The van der Waals surface area contributed by atoms with Gasteiger partial charge in [-0.2, -0.15) is 0 Å². The van der Waals surface area contributed by atoms with Crippen LogP contribution in [0.4, 0.5) is 11.4 Å². The molecule has 0 bridgehead atoms. The van der Waals surface area contributed by atoms with Gasteiger partial charge in [-0.15, -0.1) is 5.10 Å². The number of benzene rings is 2. The number of para-hydroxylation sites is 1. The minimum Gasteiger partial charge on any atom is -0.432 e. The molecule has 2 saturated heterocycles. The normalized spacial score (nSPS) is 25.7. The van der Waals surface area contributed by atoms with Gasteiger partial charge in [0.25, 0.3) is 5.91 Å². The van der Waals surface area contributed by atoms with E-state index in [1.54, 1.807) is 4.68 Å². The van der Waals surface area contributed by atoms with Gasteiger partial charge in [-0.25, -0.2) is 0 Å². The molecule has 2 amide bonds. The largest absolute Gasteiger partial charge is 0.432 e. The first-order valence-corrected chi connectivity index (χ1v) is 18.4. The SMILES string of the molecule is C[C@H]1[C@H]([Si](C)(C)O)[C@@H](CCn2cc(CCO)nn2)O[C@]12C(=O)N(Cc1cccc(N3CCCCC3=O)c1)c1ccccc12. The molecule has 0 aliphatic carbocycles. The lowest BCUT2D eigenvalue weighted by atomic mass is 9.82. The number of nitrogens with zero attached hydrogens (tertiary/aromatic N) is 5. The molecule has 3 aliphatic rings. The zero-order chi connectivity index (χ0) is 30.4. The van der Waals surface area contributed by atoms with E-state index in [-0.39, 0.29) is 36.0 Å². The average molecular weight is 604 g/mol. The second-order valence-corrected chi connectivity index (χ2v) is 16.7. The molecule has 6 rings (SSSR count). The standard InChI is InChI=1S/C32H41N5O5Si/c1-22-30(43(2,3)41)28(14-17-35-21-24(15-18-38)33-34-35)42-32(22)26-11-4-5-12-27(26)37(31(32)40)20-23-9-8-10-25(19-23)36-16-7-6-13-29(36)39/h4-5,8-12,19,21-22,28,30,38,41H,6-7,13-18,20H2,1-3H3/t22-,28+,30-,32+/m0/s1. The third-order valence-corrected chi connectivity index (χ3v) is 11.9. The Bertz CT molecular complexity index is 1510. The van der Waals surface area contributed by atoms with Crippen LogP contribution in [0.2, 0.25) is 18.6 Å². The summed E-state index contributed by atoms with van der Waals surface area (Å²) in [7, 11) is -2.78. The van der Waals surface area contributed by atoms with Gasteiger partial charge in [0.15, 0.2) is 13.9 Å². The van der Waals surface area contributed by atoms with Gasteiger partial charge in [0.1, 0.15) is 0 Å². The van der Waals surface area contributed by atoms with Crippen molar-refractivity contribution in [3.8, 4) is 0 Å². The van der Waals surface area contributed by atoms with Crippen LogP contribution in [0.5, 0.6) is 0 Å². The molecule has 0 saturated carbocycles. The highest BCUT2D eigenvalue weighted by molar-refractivity contribution is 6.71. The molecule has 0 radical (unpaired) electrons. The first-order chi connectivity index (χ1) is 20.6. The van der Waals surface area contributed by atoms with Gasteiger partial charge in [0.2, 0.25) is 5.91 Å². The number of anilines is 2. The Hall–Kier alpha value is -3.38. The van der Waals surface area contributed by atoms with Crippen molar-refractivity contribution in [2.24, 2.45) is 5.92 Å². The number of piperidine rings is 1. The maximum Gasteiger partial charge on any atom is 0.264 e. The predicted octanol–water partition coefficient (Wildman–Crippen LogP) is 3.76. The van der Waals surface area contributed by atoms with Gasteiger partial charge in [0, 0.05) is 61.4 Å². The van der Waals surface area contributed by atoms with E-state index in [0.29, 0.717) is 38.9 Å². The van der Waals surface area contributed by atoms with Gasteiger partial charge in [-0.1, -0.05) is 42.5 Å². The number of rotatable bonds is 9. The third-order valence-electron chi connectivity index (χ3n) is 9.37. The van der Waals surface area contributed by atoms with E-state index in [4.69, 9.17) is 4.74 Å². The number of ether oxygens (including phenoxy) is 1. The molecule has 1 spiro atoms. The Labute approximate surface area is 253 Å². The second-order valence-electron chi connectivity index (χ2n) is 12.7. The Kier molecular flexibility index (Phi) is 8.01. The molecule has 4 atom stereocenters. The molecule has 3 aromatic rings. The number of aliphatic hydroxyl groups is 1. The molecule has 1 aromatic heterocycles. The van der Waals surface area contributed by atoms with Crippen LogP contribution in [0.15, 0.2) is 54.7 Å². The first-order valence-electron chi connectivity index (χ1n) is 15.3. The summed E-state index contributed by atoms with van der Waals surface area (Å²) in [4.78, 5) is 42.4. The summed E-state index contributed by atoms with van der Waals surface area (Å²) in [6.07, 6.45) is 4.96. The minimum atomic E-state index is -2.78. The zero-order valence-corrected chi connectivity index (χ0v) is 26.1. The number of carbonyl (C=O) groups is 2. The van der Waals surface area contributed by atoms with Crippen LogP contribution in [0, 0.1) is 5.92 Å². The highest BCUT2D eigenvalue weighted by Gasteiger charge is 2.66. The van der Waals surface area contributed by atoms with Crippen LogP contribution in [0.25, 0.3) is 0 Å². The van der Waals surface area contributed by atoms with E-state index in [9.17, 15) is 19.5 Å². The smallest absolute Gasteiger partial charge is 0.264 e. The van der Waals surface area contributed by atoms with E-state index in [0.717, 1.165) is 41.0 Å². The van der Waals surface area contributed by atoms with E-state index >= 15 is 0 Å². The lowest BCUT2D eigenvalue weighted by Gasteiger charge is -2.32. The van der Waals surface area contributed by atoms with Gasteiger partial charge < -0.3 is 24.4 Å². The Morgan fingerprint density at radius 3 is 2.70 bits per heavy atom. The molecule has 228 valence electrons. The van der Waals surface area contributed by atoms with Crippen molar-refractivity contribution in [3.05, 3.63) is 71.5 Å². The van der Waals surface area contributed by atoms with Gasteiger partial charge >= 0.3 is 0 Å². The Morgan fingerprint density at radius 2 is 1.93 bits per heavy atom. The van der Waals surface area contributed by atoms with Crippen LogP contribution < -0.4 is 9.80 Å². The quantitative estimate of drug-likeness (QED) is 0.357. The molecular weight excluding hydrogens is 562 g/mol. The van der Waals surface area contributed by atoms with Crippen LogP contribution in [0.3, 0.4) is 0 Å². The number of aromatic nitrogens is 3. The fraction of sp³-hybridized carbons (Fsp3) is 0.500. The fourth-order valence-electron chi connectivity index (χ4n) is 7.48. The van der Waals surface area contributed by atoms with Crippen LogP contribution >= 0.6 is 0 Å². The van der Waals surface area contributed by atoms with Gasteiger partial charge in [-0.05, 0) is 56.1 Å². The van der Waals surface area contributed by atoms with Crippen molar-refractivity contribution >= 4 is 31.5 Å². The Morgan fingerprint density at radius 1 is 1.12 bits per heavy atom. The highest BCUT2D eigenvalue weighted by Crippen LogP contribution is 2.59. The lowest BCUT2D eigenvalue weighted by Crippen LogP contribution is -2.46. The zero-order valence-electron chi connectivity index (χ0n) is 25.1. The summed E-state index contributed by atoms with van der Waals surface area (Å²) in [5.41, 5.74) is 2.80. The minimum absolute atomic E-state index is 0.00946. The van der Waals surface area contributed by atoms with E-state index < -0.39 is 13.9 Å². The molecule has 2 fully saturated rings. The fourth-order valence-corrected chi connectivity index (χ4v) is 10.1. The topological polar surface area (TPSA) is 121 Å². The van der Waals surface area contributed by atoms with Crippen LogP contribution in [0.1, 0.15) is 49.4 Å². The molecule has 0 unspecified atom stereocenters. The van der Waals surface area contributed by atoms with E-state index in [1.807, 2.05) is 84.5 Å². The van der Waals surface area contributed by atoms with E-state index in [1.165, 1.54) is 0 Å². The molecule has 11 heteroatoms. The summed E-state index contributed by atoms with van der Waals surface area (Å²) in [5, 5.41) is 17.6. The summed E-state index contributed by atoms with van der Waals surface area (Å²) in [5.74, 6) is -0.222. The third kappa shape index (κ3) is 5.32. The number of aliphatic hydroxyl groups excluding tert-OH is 1. The molecule has 10 nitrogen and oxygen atoms in total. The second kappa shape index (κ2) is 11.6. The van der Waals surface area contributed by atoms with E-state index in [2.05, 4.69) is 10.3 Å². The van der Waals surface area contributed by atoms with Crippen molar-refractivity contribution in [1.29, 1.82) is 0 Å². The first kappa shape index (κ1) is 29.7. The summed E-state index contributed by atoms with van der Waals surface area (Å²) in [6, 6.07) is 15.8. The maximum absolute atomic E-state index is 14.6. The van der Waals surface area contributed by atoms with Crippen molar-refractivity contribution < 1.29 is 24.2 Å². The number of carbonyl (C=O) groups excluding carboxylic acids is 2. The van der Waals surface area contributed by atoms with Gasteiger partial charge in [-0.3, -0.25) is 14.3 Å². The summed E-state index contributed by atoms with van der Waals surface area (Å²) < 4.78 is 8.65. The maximum atomic E-state index is 14.6. The number of hydrogen-bond acceptors (Lipinski definition) is 7. The number of hydrogen-bond donors (Lipinski definition) is 2. The molecule has 3 aliphatic heterocycles. The molecule has 2 aromatic carbocycles. The predicted molar refractivity (Wildman–Crippen MR) is 165 cm³/mol. The highest BCUT2D eigenvalue weighted by atomic mass is 28.4. The average Bonchev–Trinajstić information content (AvgIpc) is 3.63. The van der Waals surface area contributed by atoms with Crippen molar-refractivity contribution in [2.45, 2.75) is 82.5 Å². The van der Waals surface area contributed by atoms with Crippen molar-refractivity contribution in [2.75, 3.05) is 23.0 Å². The monoisotopic (exact) mass is 603 g/mol. The Balaban J connectivity index is 1.30. The number of fused-ring (bicyclic) bond motifs is 2. The summed E-state index contributed by atoms with van der Waals surface area (Å²) >= 11 is 0. The van der Waals surface area contributed by atoms with Crippen molar-refractivity contribution in [3.63, 3.8) is 0 Å². The van der Waals surface area contributed by atoms with Crippen molar-refractivity contribution in [1.82, 2.24) is 15.0 Å². The summed E-state index contributed by atoms with van der Waals surface area (Å²) in [6.45, 7) is 7.49. The van der Waals surface area contributed by atoms with Crippen LogP contribution in [-0.4, -0.2) is 64.3 Å². The molecule has 4 heterocycles. The van der Waals surface area contributed by atoms with Crippen LogP contribution in [-0.2, 0) is 39.4 Å². The van der Waals surface area contributed by atoms with Gasteiger partial charge in [0.05, 0.1) is 24.0 Å². The number of aryl methyl sites for hydroxylation is 1. The number of amides is 2.